The van der Waals surface area contributed by atoms with Crippen molar-refractivity contribution in [2.45, 2.75) is 18.1 Å². The second kappa shape index (κ2) is 5.98. The van der Waals surface area contributed by atoms with Crippen molar-refractivity contribution >= 4 is 34.7 Å². The van der Waals surface area contributed by atoms with Gasteiger partial charge in [-0.2, -0.15) is 0 Å². The Bertz CT molecular complexity index is 1070. The van der Waals surface area contributed by atoms with Crippen LogP contribution in [0.15, 0.2) is 72.0 Å². The third-order valence-electron chi connectivity index (χ3n) is 5.25. The molecule has 4 nitrogen and oxygen atoms in total. The zero-order chi connectivity index (χ0) is 18.6. The molecule has 0 aliphatic carbocycles. The quantitative estimate of drug-likeness (QED) is 0.614. The maximum absolute atomic E-state index is 13.3. The lowest BCUT2D eigenvalue weighted by atomic mass is 9.75. The first kappa shape index (κ1) is 16.6. The van der Waals surface area contributed by atoms with Crippen LogP contribution in [0.3, 0.4) is 0 Å². The molecular formula is C21H14Cl2N2O2. The van der Waals surface area contributed by atoms with Gasteiger partial charge in [-0.1, -0.05) is 64.8 Å². The lowest BCUT2D eigenvalue weighted by Gasteiger charge is -2.27. The lowest BCUT2D eigenvalue weighted by Crippen LogP contribution is -2.44. The van der Waals surface area contributed by atoms with Crippen LogP contribution in [-0.2, 0) is 11.4 Å². The number of hydrogen-bond acceptors (Lipinski definition) is 3. The summed E-state index contributed by atoms with van der Waals surface area (Å²) in [5.41, 5.74) is 1.61. The van der Waals surface area contributed by atoms with Crippen molar-refractivity contribution in [2.75, 3.05) is 0 Å². The number of carbonyl (C=O) groups is 1. The third kappa shape index (κ3) is 2.30. The second-order valence-corrected chi connectivity index (χ2v) is 7.56. The zero-order valence-electron chi connectivity index (χ0n) is 14.1. The molecule has 0 radical (unpaired) electrons. The summed E-state index contributed by atoms with van der Waals surface area (Å²) >= 11 is 12.9. The molecule has 0 fully saturated rings. The van der Waals surface area contributed by atoms with Gasteiger partial charge in [-0.3, -0.25) is 4.79 Å². The van der Waals surface area contributed by atoms with E-state index in [9.17, 15) is 4.79 Å². The van der Waals surface area contributed by atoms with Crippen LogP contribution >= 0.6 is 23.2 Å². The lowest BCUT2D eigenvalue weighted by molar-refractivity contribution is -0.0130. The Morgan fingerprint density at radius 2 is 1.74 bits per heavy atom. The summed E-state index contributed by atoms with van der Waals surface area (Å²) < 4.78 is 1.91. The van der Waals surface area contributed by atoms with Crippen molar-refractivity contribution in [3.63, 3.8) is 0 Å². The van der Waals surface area contributed by atoms with Crippen molar-refractivity contribution in [3.05, 3.63) is 93.7 Å². The van der Waals surface area contributed by atoms with Gasteiger partial charge >= 0.3 is 0 Å². The van der Waals surface area contributed by atoms with Crippen molar-refractivity contribution in [1.82, 2.24) is 4.57 Å². The Kier molecular flexibility index (Phi) is 3.67. The van der Waals surface area contributed by atoms with Gasteiger partial charge < -0.3 is 9.40 Å². The summed E-state index contributed by atoms with van der Waals surface area (Å²) in [4.78, 5) is 19.2. The molecule has 2 unspecified atom stereocenters. The Balaban J connectivity index is 1.70. The fraction of sp³-hybridized carbons (Fsp3) is 0.143. The molecule has 3 heterocycles. The van der Waals surface area contributed by atoms with E-state index in [1.807, 2.05) is 53.2 Å². The van der Waals surface area contributed by atoms with Crippen molar-refractivity contribution in [2.24, 2.45) is 5.16 Å². The average Bonchev–Trinajstić information content (AvgIpc) is 3.33. The molecule has 3 aromatic rings. The summed E-state index contributed by atoms with van der Waals surface area (Å²) in [5.74, 6) is -0.494. The van der Waals surface area contributed by atoms with Crippen LogP contribution in [0.25, 0.3) is 0 Å². The highest BCUT2D eigenvalue weighted by atomic mass is 35.5. The number of Topliss-reactive ketones (excluding diaryl/α,β-unsaturated/α-hetero) is 1. The largest absolute Gasteiger partial charge is 0.377 e. The number of rotatable bonds is 2. The van der Waals surface area contributed by atoms with Gasteiger partial charge in [0.2, 0.25) is 11.4 Å². The monoisotopic (exact) mass is 396 g/mol. The molecule has 2 atom stereocenters. The van der Waals surface area contributed by atoms with Crippen LogP contribution < -0.4 is 0 Å². The van der Waals surface area contributed by atoms with E-state index in [1.54, 1.807) is 18.2 Å². The molecule has 0 saturated carbocycles. The highest BCUT2D eigenvalue weighted by molar-refractivity contribution is 6.41. The fourth-order valence-corrected chi connectivity index (χ4v) is 4.65. The number of ketones is 1. The van der Waals surface area contributed by atoms with Gasteiger partial charge in [0.15, 0.2) is 0 Å². The number of benzene rings is 2. The summed E-state index contributed by atoms with van der Waals surface area (Å²) in [6.07, 6.45) is 1.88. The Morgan fingerprint density at radius 1 is 1.00 bits per heavy atom. The Hall–Kier alpha value is -2.56. The van der Waals surface area contributed by atoms with Crippen LogP contribution in [0, 0.1) is 0 Å². The molecule has 2 aliphatic rings. The minimum atomic E-state index is -1.13. The number of oxime groups is 1. The maximum Gasteiger partial charge on any atom is 0.231 e. The van der Waals surface area contributed by atoms with E-state index in [4.69, 9.17) is 28.0 Å². The molecule has 27 heavy (non-hydrogen) atoms. The van der Waals surface area contributed by atoms with Crippen LogP contribution in [0.2, 0.25) is 10.0 Å². The highest BCUT2D eigenvalue weighted by Gasteiger charge is 2.60. The smallest absolute Gasteiger partial charge is 0.231 e. The predicted octanol–water partition coefficient (Wildman–Crippen LogP) is 4.95. The zero-order valence-corrected chi connectivity index (χ0v) is 15.6. The first-order valence-corrected chi connectivity index (χ1v) is 9.33. The van der Waals surface area contributed by atoms with E-state index in [0.29, 0.717) is 33.6 Å². The van der Waals surface area contributed by atoms with Crippen molar-refractivity contribution in [1.29, 1.82) is 0 Å². The molecule has 0 N–H and O–H groups in total. The molecule has 0 saturated heterocycles. The van der Waals surface area contributed by atoms with Gasteiger partial charge in [0, 0.05) is 11.8 Å². The van der Waals surface area contributed by atoms with Gasteiger partial charge in [0.1, 0.15) is 5.71 Å². The fourth-order valence-electron chi connectivity index (χ4n) is 4.05. The number of nitrogens with zero attached hydrogens (tertiary/aromatic N) is 2. The maximum atomic E-state index is 13.3. The molecule has 1 spiro atoms. The molecule has 2 aliphatic heterocycles. The standard InChI is InChI=1S/C21H14Cl2N2O2/c22-14-8-4-9-15(23)17(14)19-18(13-6-2-1-3-7-13)21(27-24-19)12-25-11-5-10-16(25)20(21)26/h1-11,18H,12H2. The number of fused-ring (bicyclic) bond motifs is 1. The Morgan fingerprint density at radius 3 is 2.44 bits per heavy atom. The number of carbonyl (C=O) groups excluding carboxylic acids is 1. The normalized spacial score (nSPS) is 23.4. The van der Waals surface area contributed by atoms with Crippen LogP contribution in [0.1, 0.15) is 27.5 Å². The minimum Gasteiger partial charge on any atom is -0.377 e. The number of halogens is 2. The minimum absolute atomic E-state index is 0.0803. The van der Waals surface area contributed by atoms with E-state index in [0.717, 1.165) is 5.56 Å². The summed E-state index contributed by atoms with van der Waals surface area (Å²) in [7, 11) is 0. The van der Waals surface area contributed by atoms with E-state index in [2.05, 4.69) is 5.16 Å². The second-order valence-electron chi connectivity index (χ2n) is 6.75. The van der Waals surface area contributed by atoms with Crippen molar-refractivity contribution < 1.29 is 9.63 Å². The van der Waals surface area contributed by atoms with Gasteiger partial charge in [-0.25, -0.2) is 0 Å². The third-order valence-corrected chi connectivity index (χ3v) is 5.88. The SMILES string of the molecule is O=C1c2cccn2CC12ON=C(c1c(Cl)cccc1Cl)C2c1ccccc1. The molecule has 134 valence electrons. The van der Waals surface area contributed by atoms with Gasteiger partial charge in [-0.15, -0.1) is 0 Å². The molecule has 2 aromatic carbocycles. The van der Waals surface area contributed by atoms with Crippen LogP contribution in [-0.4, -0.2) is 21.7 Å². The first-order valence-electron chi connectivity index (χ1n) is 8.57. The van der Waals surface area contributed by atoms with E-state index in [-0.39, 0.29) is 5.78 Å². The molecule has 6 heteroatoms. The van der Waals surface area contributed by atoms with Gasteiger partial charge in [0.25, 0.3) is 0 Å². The van der Waals surface area contributed by atoms with E-state index >= 15 is 0 Å². The van der Waals surface area contributed by atoms with Crippen LogP contribution in [0.5, 0.6) is 0 Å². The molecule has 0 amide bonds. The molecule has 0 bridgehead atoms. The topological polar surface area (TPSA) is 43.6 Å². The van der Waals surface area contributed by atoms with E-state index in [1.165, 1.54) is 0 Å². The van der Waals surface area contributed by atoms with Gasteiger partial charge in [0.05, 0.1) is 28.2 Å². The van der Waals surface area contributed by atoms with Gasteiger partial charge in [-0.05, 0) is 29.8 Å². The van der Waals surface area contributed by atoms with E-state index < -0.39 is 11.5 Å². The molecule has 5 rings (SSSR count). The molecular weight excluding hydrogens is 383 g/mol. The van der Waals surface area contributed by atoms with Crippen molar-refractivity contribution in [3.8, 4) is 0 Å². The average molecular weight is 397 g/mol. The summed E-state index contributed by atoms with van der Waals surface area (Å²) in [6.45, 7) is 0.392. The molecule has 1 aromatic heterocycles. The number of aromatic nitrogens is 1. The van der Waals surface area contributed by atoms with Crippen LogP contribution in [0.4, 0.5) is 0 Å². The highest BCUT2D eigenvalue weighted by Crippen LogP contribution is 2.48. The Labute approximate surface area is 166 Å². The summed E-state index contributed by atoms with van der Waals surface area (Å²) in [5, 5.41) is 5.31. The number of hydrogen-bond donors (Lipinski definition) is 0. The summed E-state index contributed by atoms with van der Waals surface area (Å²) in [6, 6.07) is 18.7. The predicted molar refractivity (Wildman–Crippen MR) is 105 cm³/mol. The first-order chi connectivity index (χ1) is 13.1.